The Morgan fingerprint density at radius 1 is 1.38 bits per heavy atom. The molecule has 1 heterocycles. The lowest BCUT2D eigenvalue weighted by Gasteiger charge is -2.33. The van der Waals surface area contributed by atoms with Gasteiger partial charge in [-0.05, 0) is 63.4 Å². The highest BCUT2D eigenvalue weighted by molar-refractivity contribution is 5.79. The fraction of sp³-hybridized carbons (Fsp3) is 0.588. The molecule has 0 aliphatic carbocycles. The van der Waals surface area contributed by atoms with Gasteiger partial charge in [0.05, 0.1) is 6.42 Å². The van der Waals surface area contributed by atoms with Crippen LogP contribution in [-0.2, 0) is 11.2 Å². The minimum Gasteiger partial charge on any atom is -0.340 e. The first kappa shape index (κ1) is 16.0. The zero-order valence-electron chi connectivity index (χ0n) is 12.9. The van der Waals surface area contributed by atoms with Gasteiger partial charge in [0.1, 0.15) is 5.82 Å². The number of carbonyl (C=O) groups excluding carboxylic acids is 1. The number of benzene rings is 1. The lowest BCUT2D eigenvalue weighted by molar-refractivity contribution is -0.133. The van der Waals surface area contributed by atoms with Crippen molar-refractivity contribution in [2.45, 2.75) is 39.2 Å². The normalized spacial score (nSPS) is 18.8. The molecule has 0 bridgehead atoms. The lowest BCUT2D eigenvalue weighted by atomic mass is 9.98. The van der Waals surface area contributed by atoms with Crippen molar-refractivity contribution < 1.29 is 9.18 Å². The van der Waals surface area contributed by atoms with E-state index in [4.69, 9.17) is 0 Å². The molecule has 0 spiro atoms. The molecular formula is C17H25FN2O. The number of rotatable bonds is 5. The van der Waals surface area contributed by atoms with Crippen molar-refractivity contribution in [3.05, 3.63) is 35.6 Å². The molecule has 1 amide bonds. The van der Waals surface area contributed by atoms with Gasteiger partial charge >= 0.3 is 0 Å². The molecular weight excluding hydrogens is 267 g/mol. The summed E-state index contributed by atoms with van der Waals surface area (Å²) in [5, 5.41) is 3.39. The molecule has 21 heavy (non-hydrogen) atoms. The van der Waals surface area contributed by atoms with Gasteiger partial charge in [-0.2, -0.15) is 0 Å². The van der Waals surface area contributed by atoms with Gasteiger partial charge in [0.25, 0.3) is 0 Å². The first-order chi connectivity index (χ1) is 10.1. The molecule has 0 radical (unpaired) electrons. The Morgan fingerprint density at radius 2 is 2.10 bits per heavy atom. The number of nitrogens with zero attached hydrogens (tertiary/aromatic N) is 1. The molecule has 1 aromatic rings. The molecule has 1 atom stereocenters. The summed E-state index contributed by atoms with van der Waals surface area (Å²) in [6.45, 7) is 7.00. The SMILES string of the molecule is CC(C)N(CC1CCCNC1)C(=O)Cc1ccc(F)cc1. The maximum absolute atomic E-state index is 12.9. The largest absolute Gasteiger partial charge is 0.340 e. The van der Waals surface area contributed by atoms with Crippen LogP contribution in [0.5, 0.6) is 0 Å². The molecule has 4 heteroatoms. The molecule has 1 unspecified atom stereocenters. The molecule has 1 aliphatic rings. The first-order valence-corrected chi connectivity index (χ1v) is 7.81. The molecule has 1 N–H and O–H groups in total. The standard InChI is InChI=1S/C17H25FN2O/c1-13(2)20(12-15-4-3-9-19-11-15)17(21)10-14-5-7-16(18)8-6-14/h5-8,13,15,19H,3-4,9-12H2,1-2H3. The van der Waals surface area contributed by atoms with E-state index < -0.39 is 0 Å². The molecule has 2 rings (SSSR count). The lowest BCUT2D eigenvalue weighted by Crippen LogP contribution is -2.44. The van der Waals surface area contributed by atoms with Crippen LogP contribution in [0.2, 0.25) is 0 Å². The second kappa shape index (κ2) is 7.55. The van der Waals surface area contributed by atoms with Gasteiger partial charge in [0, 0.05) is 12.6 Å². The number of hydrogen-bond donors (Lipinski definition) is 1. The van der Waals surface area contributed by atoms with Crippen molar-refractivity contribution in [1.82, 2.24) is 10.2 Å². The summed E-state index contributed by atoms with van der Waals surface area (Å²) in [6.07, 6.45) is 2.71. The van der Waals surface area contributed by atoms with Crippen molar-refractivity contribution in [3.8, 4) is 0 Å². The van der Waals surface area contributed by atoms with Crippen molar-refractivity contribution in [3.63, 3.8) is 0 Å². The predicted octanol–water partition coefficient (Wildman–Crippen LogP) is 2.60. The summed E-state index contributed by atoms with van der Waals surface area (Å²) in [6, 6.07) is 6.39. The van der Waals surface area contributed by atoms with Crippen LogP contribution in [0.3, 0.4) is 0 Å². The molecule has 116 valence electrons. The Kier molecular flexibility index (Phi) is 5.74. The summed E-state index contributed by atoms with van der Waals surface area (Å²) in [7, 11) is 0. The number of piperidine rings is 1. The summed E-state index contributed by atoms with van der Waals surface area (Å²) in [4.78, 5) is 14.5. The minimum atomic E-state index is -0.264. The van der Waals surface area contributed by atoms with Crippen molar-refractivity contribution >= 4 is 5.91 Å². The van der Waals surface area contributed by atoms with E-state index >= 15 is 0 Å². The van der Waals surface area contributed by atoms with E-state index in [2.05, 4.69) is 19.2 Å². The van der Waals surface area contributed by atoms with Gasteiger partial charge in [-0.1, -0.05) is 12.1 Å². The number of amides is 1. The third kappa shape index (κ3) is 4.81. The highest BCUT2D eigenvalue weighted by atomic mass is 19.1. The quantitative estimate of drug-likeness (QED) is 0.905. The van der Waals surface area contributed by atoms with Crippen molar-refractivity contribution in [2.75, 3.05) is 19.6 Å². The second-order valence-electron chi connectivity index (χ2n) is 6.16. The van der Waals surface area contributed by atoms with E-state index in [9.17, 15) is 9.18 Å². The fourth-order valence-corrected chi connectivity index (χ4v) is 2.84. The average Bonchev–Trinajstić information content (AvgIpc) is 2.48. The van der Waals surface area contributed by atoms with Crippen molar-refractivity contribution in [1.29, 1.82) is 0 Å². The van der Waals surface area contributed by atoms with Gasteiger partial charge in [-0.25, -0.2) is 4.39 Å². The number of nitrogens with one attached hydrogen (secondary N) is 1. The Bertz CT molecular complexity index is 452. The highest BCUT2D eigenvalue weighted by Gasteiger charge is 2.22. The van der Waals surface area contributed by atoms with Gasteiger partial charge < -0.3 is 10.2 Å². The molecule has 0 aromatic heterocycles. The Morgan fingerprint density at radius 3 is 2.67 bits per heavy atom. The third-order valence-electron chi connectivity index (χ3n) is 4.07. The number of halogens is 1. The van der Waals surface area contributed by atoms with Crippen LogP contribution >= 0.6 is 0 Å². The topological polar surface area (TPSA) is 32.3 Å². The van der Waals surface area contributed by atoms with Crippen LogP contribution in [0.15, 0.2) is 24.3 Å². The Labute approximate surface area is 126 Å². The molecule has 1 fully saturated rings. The number of hydrogen-bond acceptors (Lipinski definition) is 2. The summed E-state index contributed by atoms with van der Waals surface area (Å²) in [5.41, 5.74) is 0.869. The average molecular weight is 292 g/mol. The highest BCUT2D eigenvalue weighted by Crippen LogP contribution is 2.15. The Hall–Kier alpha value is -1.42. The van der Waals surface area contributed by atoms with Gasteiger partial charge in [-0.3, -0.25) is 4.79 Å². The van der Waals surface area contributed by atoms with Gasteiger partial charge in [-0.15, -0.1) is 0 Å². The van der Waals surface area contributed by atoms with Crippen LogP contribution in [0.1, 0.15) is 32.3 Å². The first-order valence-electron chi connectivity index (χ1n) is 7.81. The molecule has 1 aromatic carbocycles. The van der Waals surface area contributed by atoms with Crippen LogP contribution < -0.4 is 5.32 Å². The molecule has 1 saturated heterocycles. The minimum absolute atomic E-state index is 0.127. The van der Waals surface area contributed by atoms with Crippen LogP contribution in [0, 0.1) is 11.7 Å². The molecule has 0 saturated carbocycles. The molecule has 3 nitrogen and oxygen atoms in total. The van der Waals surface area contributed by atoms with E-state index in [-0.39, 0.29) is 17.8 Å². The van der Waals surface area contributed by atoms with E-state index in [0.717, 1.165) is 25.2 Å². The zero-order valence-corrected chi connectivity index (χ0v) is 12.9. The second-order valence-corrected chi connectivity index (χ2v) is 6.16. The van der Waals surface area contributed by atoms with E-state index in [1.165, 1.54) is 25.0 Å². The zero-order chi connectivity index (χ0) is 15.2. The summed E-state index contributed by atoms with van der Waals surface area (Å²) in [5.74, 6) is 0.403. The Balaban J connectivity index is 1.96. The molecule has 1 aliphatic heterocycles. The van der Waals surface area contributed by atoms with E-state index in [1.54, 1.807) is 12.1 Å². The maximum atomic E-state index is 12.9. The summed E-state index contributed by atoms with van der Waals surface area (Å²) >= 11 is 0. The van der Waals surface area contributed by atoms with E-state index in [0.29, 0.717) is 12.3 Å². The smallest absolute Gasteiger partial charge is 0.227 e. The summed E-state index contributed by atoms with van der Waals surface area (Å²) < 4.78 is 12.9. The number of carbonyl (C=O) groups is 1. The van der Waals surface area contributed by atoms with Gasteiger partial charge in [0.2, 0.25) is 5.91 Å². The fourth-order valence-electron chi connectivity index (χ4n) is 2.84. The predicted molar refractivity (Wildman–Crippen MR) is 82.5 cm³/mol. The van der Waals surface area contributed by atoms with Crippen LogP contribution in [0.4, 0.5) is 4.39 Å². The van der Waals surface area contributed by atoms with Crippen LogP contribution in [0.25, 0.3) is 0 Å². The van der Waals surface area contributed by atoms with E-state index in [1.807, 2.05) is 4.90 Å². The van der Waals surface area contributed by atoms with Crippen LogP contribution in [-0.4, -0.2) is 36.5 Å². The third-order valence-corrected chi connectivity index (χ3v) is 4.07. The van der Waals surface area contributed by atoms with Crippen molar-refractivity contribution in [2.24, 2.45) is 5.92 Å². The van der Waals surface area contributed by atoms with Gasteiger partial charge in [0.15, 0.2) is 0 Å². The monoisotopic (exact) mass is 292 g/mol. The maximum Gasteiger partial charge on any atom is 0.227 e.